The van der Waals surface area contributed by atoms with Crippen molar-refractivity contribution in [2.45, 2.75) is 46.6 Å². The van der Waals surface area contributed by atoms with Gasteiger partial charge in [0.1, 0.15) is 5.82 Å². The minimum Gasteiger partial charge on any atom is -0.341 e. The van der Waals surface area contributed by atoms with Crippen LogP contribution in [0.5, 0.6) is 0 Å². The standard InChI is InChI=1S/C18H22N4O2/c1-4-6-7-22-16(15(5-2)17(23)21-18(22)24)20-14-9-12(3)8-13(10-14)11-19/h8-10,20H,4-7H2,1-3H3,(H,21,23,24). The molecule has 0 saturated carbocycles. The summed E-state index contributed by atoms with van der Waals surface area (Å²) in [6.45, 7) is 6.35. The number of hydrogen-bond acceptors (Lipinski definition) is 4. The van der Waals surface area contributed by atoms with Gasteiger partial charge in [-0.1, -0.05) is 20.3 Å². The molecule has 0 saturated heterocycles. The molecular formula is C18H22N4O2. The first-order valence-electron chi connectivity index (χ1n) is 8.15. The summed E-state index contributed by atoms with van der Waals surface area (Å²) in [6.07, 6.45) is 2.28. The molecule has 0 unspecified atom stereocenters. The smallest absolute Gasteiger partial charge is 0.329 e. The number of nitrogens with zero attached hydrogens (tertiary/aromatic N) is 2. The van der Waals surface area contributed by atoms with Crippen molar-refractivity contribution < 1.29 is 0 Å². The van der Waals surface area contributed by atoms with Gasteiger partial charge in [-0.3, -0.25) is 14.3 Å². The second-order valence-corrected chi connectivity index (χ2v) is 5.77. The number of hydrogen-bond donors (Lipinski definition) is 2. The SMILES string of the molecule is CCCCn1c(Nc2cc(C)cc(C#N)c2)c(CC)c(=O)[nH]c1=O. The minimum atomic E-state index is -0.415. The Morgan fingerprint density at radius 1 is 1.25 bits per heavy atom. The lowest BCUT2D eigenvalue weighted by molar-refractivity contribution is 0.599. The third kappa shape index (κ3) is 3.74. The highest BCUT2D eigenvalue weighted by molar-refractivity contribution is 5.62. The van der Waals surface area contributed by atoms with Crippen LogP contribution in [0.3, 0.4) is 0 Å². The third-order valence-electron chi connectivity index (χ3n) is 3.85. The number of H-pyrrole nitrogens is 1. The van der Waals surface area contributed by atoms with Gasteiger partial charge in [0.25, 0.3) is 5.56 Å². The zero-order chi connectivity index (χ0) is 17.7. The van der Waals surface area contributed by atoms with Gasteiger partial charge >= 0.3 is 5.69 Å². The molecule has 0 aliphatic rings. The molecule has 24 heavy (non-hydrogen) atoms. The molecular weight excluding hydrogens is 304 g/mol. The zero-order valence-electron chi connectivity index (χ0n) is 14.3. The summed E-state index contributed by atoms with van der Waals surface area (Å²) in [5, 5.41) is 12.3. The molecule has 0 bridgehead atoms. The molecule has 0 fully saturated rings. The Bertz CT molecular complexity index is 887. The van der Waals surface area contributed by atoms with E-state index in [1.54, 1.807) is 16.7 Å². The van der Waals surface area contributed by atoms with Crippen LogP contribution >= 0.6 is 0 Å². The summed E-state index contributed by atoms with van der Waals surface area (Å²) in [6, 6.07) is 7.50. The highest BCUT2D eigenvalue weighted by Gasteiger charge is 2.14. The number of nitriles is 1. The Morgan fingerprint density at radius 2 is 2.00 bits per heavy atom. The quantitative estimate of drug-likeness (QED) is 0.854. The van der Waals surface area contributed by atoms with Gasteiger partial charge in [0.15, 0.2) is 0 Å². The van der Waals surface area contributed by atoms with Crippen LogP contribution in [-0.2, 0) is 13.0 Å². The monoisotopic (exact) mass is 326 g/mol. The van der Waals surface area contributed by atoms with Crippen molar-refractivity contribution in [2.75, 3.05) is 5.32 Å². The van der Waals surface area contributed by atoms with E-state index in [4.69, 9.17) is 5.26 Å². The summed E-state index contributed by atoms with van der Waals surface area (Å²) < 4.78 is 1.57. The summed E-state index contributed by atoms with van der Waals surface area (Å²) in [4.78, 5) is 26.8. The van der Waals surface area contributed by atoms with Crippen molar-refractivity contribution in [1.29, 1.82) is 5.26 Å². The molecule has 0 atom stereocenters. The first kappa shape index (κ1) is 17.5. The van der Waals surface area contributed by atoms with E-state index in [0.717, 1.165) is 18.4 Å². The molecule has 0 aliphatic heterocycles. The van der Waals surface area contributed by atoms with Crippen LogP contribution < -0.4 is 16.6 Å². The first-order chi connectivity index (χ1) is 11.5. The molecule has 1 aromatic carbocycles. The van der Waals surface area contributed by atoms with Gasteiger partial charge in [-0.25, -0.2) is 4.79 Å². The van der Waals surface area contributed by atoms with Crippen molar-refractivity contribution in [3.05, 3.63) is 55.7 Å². The fourth-order valence-corrected chi connectivity index (χ4v) is 2.67. The fraction of sp³-hybridized carbons (Fsp3) is 0.389. The van der Waals surface area contributed by atoms with Crippen LogP contribution in [0.4, 0.5) is 11.5 Å². The second-order valence-electron chi connectivity index (χ2n) is 5.77. The van der Waals surface area contributed by atoms with Gasteiger partial charge in [0.05, 0.1) is 17.2 Å². The molecule has 126 valence electrons. The van der Waals surface area contributed by atoms with Gasteiger partial charge in [0, 0.05) is 12.2 Å². The molecule has 2 aromatic rings. The van der Waals surface area contributed by atoms with E-state index in [1.807, 2.05) is 26.8 Å². The molecule has 2 N–H and O–H groups in total. The topological polar surface area (TPSA) is 90.7 Å². The van der Waals surface area contributed by atoms with E-state index >= 15 is 0 Å². The number of unbranched alkanes of at least 4 members (excludes halogenated alkanes) is 1. The lowest BCUT2D eigenvalue weighted by Gasteiger charge is -2.17. The number of anilines is 2. The molecule has 1 aromatic heterocycles. The highest BCUT2D eigenvalue weighted by atomic mass is 16.2. The summed E-state index contributed by atoms with van der Waals surface area (Å²) in [5.74, 6) is 0.509. The Kier molecular flexibility index (Phi) is 5.59. The number of aromatic nitrogens is 2. The third-order valence-corrected chi connectivity index (χ3v) is 3.85. The largest absolute Gasteiger partial charge is 0.341 e. The lowest BCUT2D eigenvalue weighted by atomic mass is 10.1. The van der Waals surface area contributed by atoms with Crippen LogP contribution in [-0.4, -0.2) is 9.55 Å². The molecule has 2 rings (SSSR count). The van der Waals surface area contributed by atoms with E-state index in [9.17, 15) is 9.59 Å². The van der Waals surface area contributed by atoms with Crippen molar-refractivity contribution in [2.24, 2.45) is 0 Å². The number of benzene rings is 1. The maximum absolute atomic E-state index is 12.2. The van der Waals surface area contributed by atoms with E-state index < -0.39 is 5.69 Å². The predicted octanol–water partition coefficient (Wildman–Crippen LogP) is 2.82. The molecule has 0 radical (unpaired) electrons. The molecule has 0 aliphatic carbocycles. The Labute approximate surface area is 140 Å². The summed E-state index contributed by atoms with van der Waals surface area (Å²) in [5.41, 5.74) is 1.90. The van der Waals surface area contributed by atoms with E-state index in [2.05, 4.69) is 16.4 Å². The van der Waals surface area contributed by atoms with Gasteiger partial charge in [0.2, 0.25) is 0 Å². The van der Waals surface area contributed by atoms with Gasteiger partial charge in [-0.15, -0.1) is 0 Å². The summed E-state index contributed by atoms with van der Waals surface area (Å²) in [7, 11) is 0. The highest BCUT2D eigenvalue weighted by Crippen LogP contribution is 2.21. The zero-order valence-corrected chi connectivity index (χ0v) is 14.3. The van der Waals surface area contributed by atoms with Gasteiger partial charge in [-0.05, 0) is 43.5 Å². The van der Waals surface area contributed by atoms with Crippen LogP contribution in [0.2, 0.25) is 0 Å². The van der Waals surface area contributed by atoms with Crippen molar-refractivity contribution in [1.82, 2.24) is 9.55 Å². The maximum Gasteiger partial charge on any atom is 0.329 e. The number of aryl methyl sites for hydroxylation is 1. The second kappa shape index (κ2) is 7.64. The van der Waals surface area contributed by atoms with Crippen molar-refractivity contribution >= 4 is 11.5 Å². The van der Waals surface area contributed by atoms with Crippen molar-refractivity contribution in [3.63, 3.8) is 0 Å². The molecule has 0 amide bonds. The van der Waals surface area contributed by atoms with Crippen LogP contribution in [0.15, 0.2) is 27.8 Å². The number of rotatable bonds is 6. The summed E-state index contributed by atoms with van der Waals surface area (Å²) >= 11 is 0. The Morgan fingerprint density at radius 3 is 2.62 bits per heavy atom. The fourth-order valence-electron chi connectivity index (χ4n) is 2.67. The van der Waals surface area contributed by atoms with E-state index in [-0.39, 0.29) is 5.56 Å². The van der Waals surface area contributed by atoms with Gasteiger partial charge in [-0.2, -0.15) is 5.26 Å². The number of aromatic amines is 1. The van der Waals surface area contributed by atoms with E-state index in [1.165, 1.54) is 0 Å². The lowest BCUT2D eigenvalue weighted by Crippen LogP contribution is -2.34. The van der Waals surface area contributed by atoms with E-state index in [0.29, 0.717) is 35.6 Å². The molecule has 1 heterocycles. The van der Waals surface area contributed by atoms with Crippen LogP contribution in [0, 0.1) is 18.3 Å². The Hall–Kier alpha value is -2.81. The average molecular weight is 326 g/mol. The van der Waals surface area contributed by atoms with Gasteiger partial charge < -0.3 is 5.32 Å². The Balaban J connectivity index is 2.59. The first-order valence-corrected chi connectivity index (χ1v) is 8.15. The minimum absolute atomic E-state index is 0.370. The number of nitrogens with one attached hydrogen (secondary N) is 2. The molecule has 0 spiro atoms. The predicted molar refractivity (Wildman–Crippen MR) is 94.8 cm³/mol. The van der Waals surface area contributed by atoms with Crippen molar-refractivity contribution in [3.8, 4) is 6.07 Å². The molecule has 6 heteroatoms. The average Bonchev–Trinajstić information content (AvgIpc) is 2.54. The van der Waals surface area contributed by atoms with Crippen LogP contribution in [0.1, 0.15) is 43.4 Å². The molecule has 6 nitrogen and oxygen atoms in total. The van der Waals surface area contributed by atoms with Crippen LogP contribution in [0.25, 0.3) is 0 Å². The normalized spacial score (nSPS) is 10.4. The maximum atomic E-state index is 12.2.